The van der Waals surface area contributed by atoms with E-state index in [1.807, 2.05) is 24.3 Å². The monoisotopic (exact) mass is 323 g/mol. The molecule has 4 rings (SSSR count). The standard InChI is InChI=1S/C17H13N3O4/c1-22-14-8-18-15-11-4-2-3-5-12(11)19-16(24-17(15)20-14)13-7-6-10(9-21)23-13/h2-9,16,19H,1H3. The average molecular weight is 323 g/mol. The van der Waals surface area contributed by atoms with Gasteiger partial charge >= 0.3 is 0 Å². The van der Waals surface area contributed by atoms with Gasteiger partial charge in [0.2, 0.25) is 18.0 Å². The van der Waals surface area contributed by atoms with E-state index in [1.54, 1.807) is 12.1 Å². The lowest BCUT2D eigenvalue weighted by atomic mass is 10.1. The third-order valence-corrected chi connectivity index (χ3v) is 3.65. The van der Waals surface area contributed by atoms with Crippen molar-refractivity contribution in [2.24, 2.45) is 0 Å². The van der Waals surface area contributed by atoms with Crippen LogP contribution in [-0.4, -0.2) is 23.4 Å². The van der Waals surface area contributed by atoms with Gasteiger partial charge in [0.1, 0.15) is 5.69 Å². The largest absolute Gasteiger partial charge is 0.480 e. The summed E-state index contributed by atoms with van der Waals surface area (Å²) < 4.78 is 16.6. The number of aromatic nitrogens is 2. The van der Waals surface area contributed by atoms with E-state index in [9.17, 15) is 4.79 Å². The van der Waals surface area contributed by atoms with Crippen molar-refractivity contribution in [3.05, 3.63) is 54.1 Å². The van der Waals surface area contributed by atoms with Crippen molar-refractivity contribution < 1.29 is 18.7 Å². The summed E-state index contributed by atoms with van der Waals surface area (Å²) in [6.45, 7) is 0. The second kappa shape index (κ2) is 5.69. The molecular weight excluding hydrogens is 310 g/mol. The Kier molecular flexibility index (Phi) is 3.38. The molecule has 1 unspecified atom stereocenters. The maximum absolute atomic E-state index is 10.9. The number of methoxy groups -OCH3 is 1. The molecular formula is C17H13N3O4. The number of nitrogens with zero attached hydrogens (tertiary/aromatic N) is 2. The van der Waals surface area contributed by atoms with Crippen LogP contribution < -0.4 is 14.8 Å². The normalized spacial score (nSPS) is 15.3. The number of carbonyl (C=O) groups excluding carboxylic acids is 1. The second-order valence-electron chi connectivity index (χ2n) is 5.11. The van der Waals surface area contributed by atoms with Crippen LogP contribution in [-0.2, 0) is 0 Å². The SMILES string of the molecule is COc1cnc2c(n1)OC(c1ccc(C=O)o1)Nc1ccccc1-2. The van der Waals surface area contributed by atoms with Crippen molar-refractivity contribution >= 4 is 12.0 Å². The number of para-hydroxylation sites is 1. The van der Waals surface area contributed by atoms with Gasteiger partial charge in [0.15, 0.2) is 17.8 Å². The van der Waals surface area contributed by atoms with Gasteiger partial charge in [0, 0.05) is 11.3 Å². The van der Waals surface area contributed by atoms with E-state index in [0.717, 1.165) is 11.3 Å². The average Bonchev–Trinajstić information content (AvgIpc) is 3.04. The zero-order chi connectivity index (χ0) is 16.5. The van der Waals surface area contributed by atoms with Crippen LogP contribution in [0.2, 0.25) is 0 Å². The summed E-state index contributed by atoms with van der Waals surface area (Å²) in [5.74, 6) is 1.36. The molecule has 0 radical (unpaired) electrons. The van der Waals surface area contributed by atoms with E-state index in [2.05, 4.69) is 15.3 Å². The highest BCUT2D eigenvalue weighted by Crippen LogP contribution is 2.39. The van der Waals surface area contributed by atoms with Crippen molar-refractivity contribution in [3.8, 4) is 23.0 Å². The van der Waals surface area contributed by atoms with Crippen LogP contribution in [0.3, 0.4) is 0 Å². The smallest absolute Gasteiger partial charge is 0.246 e. The second-order valence-corrected chi connectivity index (χ2v) is 5.11. The van der Waals surface area contributed by atoms with Gasteiger partial charge in [-0.15, -0.1) is 0 Å². The Morgan fingerprint density at radius 1 is 1.25 bits per heavy atom. The molecule has 0 fully saturated rings. The zero-order valence-electron chi connectivity index (χ0n) is 12.7. The fourth-order valence-corrected chi connectivity index (χ4v) is 2.52. The highest BCUT2D eigenvalue weighted by atomic mass is 16.5. The maximum atomic E-state index is 10.9. The Morgan fingerprint density at radius 3 is 2.92 bits per heavy atom. The minimum Gasteiger partial charge on any atom is -0.480 e. The van der Waals surface area contributed by atoms with Gasteiger partial charge in [-0.05, 0) is 18.2 Å². The molecule has 7 nitrogen and oxygen atoms in total. The maximum Gasteiger partial charge on any atom is 0.246 e. The summed E-state index contributed by atoms with van der Waals surface area (Å²) in [4.78, 5) is 19.6. The van der Waals surface area contributed by atoms with Gasteiger partial charge < -0.3 is 19.2 Å². The van der Waals surface area contributed by atoms with Crippen LogP contribution in [0.4, 0.5) is 5.69 Å². The van der Waals surface area contributed by atoms with Gasteiger partial charge in [-0.25, -0.2) is 4.98 Å². The van der Waals surface area contributed by atoms with Crippen LogP contribution in [0.1, 0.15) is 22.5 Å². The van der Waals surface area contributed by atoms with E-state index in [-0.39, 0.29) is 5.76 Å². The molecule has 0 saturated heterocycles. The fourth-order valence-electron chi connectivity index (χ4n) is 2.52. The molecule has 7 heteroatoms. The molecule has 1 aromatic carbocycles. The molecule has 24 heavy (non-hydrogen) atoms. The van der Waals surface area contributed by atoms with Crippen molar-refractivity contribution in [2.45, 2.75) is 6.23 Å². The summed E-state index contributed by atoms with van der Waals surface area (Å²) in [7, 11) is 1.51. The van der Waals surface area contributed by atoms with Crippen LogP contribution in [0.15, 0.2) is 47.0 Å². The van der Waals surface area contributed by atoms with Gasteiger partial charge in [-0.2, -0.15) is 4.98 Å². The summed E-state index contributed by atoms with van der Waals surface area (Å²) in [6, 6.07) is 10.9. The fraction of sp³-hybridized carbons (Fsp3) is 0.118. The third-order valence-electron chi connectivity index (χ3n) is 3.65. The predicted molar refractivity (Wildman–Crippen MR) is 85.1 cm³/mol. The Labute approximate surface area is 137 Å². The number of rotatable bonds is 3. The topological polar surface area (TPSA) is 86.5 Å². The molecule has 0 amide bonds. The van der Waals surface area contributed by atoms with Gasteiger partial charge in [-0.1, -0.05) is 18.2 Å². The summed E-state index contributed by atoms with van der Waals surface area (Å²) in [5, 5.41) is 3.24. The first kappa shape index (κ1) is 14.3. The van der Waals surface area contributed by atoms with E-state index in [4.69, 9.17) is 13.9 Å². The molecule has 1 aliphatic heterocycles. The summed E-state index contributed by atoms with van der Waals surface area (Å²) in [5.41, 5.74) is 2.28. The van der Waals surface area contributed by atoms with E-state index in [1.165, 1.54) is 13.3 Å². The lowest BCUT2D eigenvalue weighted by Gasteiger charge is -2.16. The predicted octanol–water partition coefficient (Wildman–Crippen LogP) is 3.06. The minimum absolute atomic E-state index is 0.227. The van der Waals surface area contributed by atoms with E-state index in [0.29, 0.717) is 29.5 Å². The Morgan fingerprint density at radius 2 is 2.12 bits per heavy atom. The number of aldehydes is 1. The number of carbonyl (C=O) groups is 1. The highest BCUT2D eigenvalue weighted by Gasteiger charge is 2.27. The molecule has 120 valence electrons. The van der Waals surface area contributed by atoms with Crippen LogP contribution in [0, 0.1) is 0 Å². The molecule has 1 N–H and O–H groups in total. The number of ether oxygens (including phenoxy) is 2. The third kappa shape index (κ3) is 2.36. The van der Waals surface area contributed by atoms with Crippen molar-refractivity contribution in [3.63, 3.8) is 0 Å². The van der Waals surface area contributed by atoms with E-state index < -0.39 is 6.23 Å². The number of benzene rings is 1. The molecule has 3 aromatic rings. The van der Waals surface area contributed by atoms with Crippen molar-refractivity contribution in [1.29, 1.82) is 0 Å². The van der Waals surface area contributed by atoms with Crippen molar-refractivity contribution in [1.82, 2.24) is 9.97 Å². The molecule has 3 heterocycles. The van der Waals surface area contributed by atoms with Crippen molar-refractivity contribution in [2.75, 3.05) is 12.4 Å². The minimum atomic E-state index is -0.650. The molecule has 0 aliphatic carbocycles. The molecule has 0 spiro atoms. The van der Waals surface area contributed by atoms with Gasteiger partial charge in [0.05, 0.1) is 13.3 Å². The zero-order valence-corrected chi connectivity index (χ0v) is 12.7. The Balaban J connectivity index is 1.85. The van der Waals surface area contributed by atoms with Crippen LogP contribution in [0.5, 0.6) is 11.8 Å². The van der Waals surface area contributed by atoms with Gasteiger partial charge in [0.25, 0.3) is 0 Å². The quantitative estimate of drug-likeness (QED) is 0.741. The number of nitrogens with one attached hydrogen (secondary N) is 1. The molecule has 0 saturated carbocycles. The lowest BCUT2D eigenvalue weighted by Crippen LogP contribution is -2.16. The number of hydrogen-bond donors (Lipinski definition) is 1. The molecule has 2 aromatic heterocycles. The number of hydrogen-bond acceptors (Lipinski definition) is 7. The Hall–Kier alpha value is -3.35. The molecule has 1 aliphatic rings. The number of furan rings is 1. The first-order chi connectivity index (χ1) is 11.8. The van der Waals surface area contributed by atoms with Crippen LogP contribution >= 0.6 is 0 Å². The summed E-state index contributed by atoms with van der Waals surface area (Å²) in [6.07, 6.45) is 1.53. The first-order valence-corrected chi connectivity index (χ1v) is 7.27. The van der Waals surface area contributed by atoms with Crippen LogP contribution in [0.25, 0.3) is 11.3 Å². The molecule has 1 atom stereocenters. The summed E-state index contributed by atoms with van der Waals surface area (Å²) >= 11 is 0. The molecule has 0 bridgehead atoms. The number of anilines is 1. The number of fused-ring (bicyclic) bond motifs is 3. The highest BCUT2D eigenvalue weighted by molar-refractivity contribution is 5.79. The first-order valence-electron chi connectivity index (χ1n) is 7.27. The lowest BCUT2D eigenvalue weighted by molar-refractivity contribution is 0.109. The van der Waals surface area contributed by atoms with E-state index >= 15 is 0 Å². The Bertz CT molecular complexity index is 906. The van der Waals surface area contributed by atoms with Gasteiger partial charge in [-0.3, -0.25) is 4.79 Å².